The fourth-order valence-electron chi connectivity index (χ4n) is 2.81. The lowest BCUT2D eigenvalue weighted by atomic mass is 10.0. The summed E-state index contributed by atoms with van der Waals surface area (Å²) in [6.07, 6.45) is 2.95. The third-order valence-electron chi connectivity index (χ3n) is 3.84. The average molecular weight is 309 g/mol. The summed E-state index contributed by atoms with van der Waals surface area (Å²) < 4.78 is 16.0. The smallest absolute Gasteiger partial charge is 0.274 e. The van der Waals surface area contributed by atoms with Crippen molar-refractivity contribution < 1.29 is 9.24 Å². The molecule has 114 valence electrons. The van der Waals surface area contributed by atoms with Gasteiger partial charge in [0.15, 0.2) is 17.7 Å². The Morgan fingerprint density at radius 1 is 1.13 bits per heavy atom. The van der Waals surface area contributed by atoms with Crippen molar-refractivity contribution in [2.75, 3.05) is 0 Å². The first-order chi connectivity index (χ1) is 11.0. The van der Waals surface area contributed by atoms with E-state index in [-0.39, 0.29) is 11.0 Å². The molecule has 0 aliphatic carbocycles. The molecule has 0 aliphatic heterocycles. The summed E-state index contributed by atoms with van der Waals surface area (Å²) in [5.41, 5.74) is 3.41. The van der Waals surface area contributed by atoms with Crippen LogP contribution in [0.2, 0.25) is 0 Å². The van der Waals surface area contributed by atoms with E-state index in [2.05, 4.69) is 15.2 Å². The first-order valence-corrected chi connectivity index (χ1v) is 7.01. The minimum absolute atomic E-state index is 0.0120. The number of nitrogens with zero attached hydrogens (tertiary/aromatic N) is 5. The number of halogens is 1. The van der Waals surface area contributed by atoms with Gasteiger partial charge in [0, 0.05) is 29.8 Å². The number of fused-ring (bicyclic) bond motifs is 2. The van der Waals surface area contributed by atoms with Gasteiger partial charge in [-0.1, -0.05) is 0 Å². The standard InChI is InChI=1S/C16H12FN5O/c1-9-3-10(4-12-7-21(2)20-15(9)12)11-5-13(17)16-14(6-11)22(23)19-8-18-16/h3-8H,1-2H3. The molecule has 0 radical (unpaired) electrons. The molecule has 0 amide bonds. The SMILES string of the molecule is Cc1cc(-c2cc(F)c3ncn[n+]([O-])c3c2)cc2cn(C)nc12. The Bertz CT molecular complexity index is 1070. The van der Waals surface area contributed by atoms with E-state index < -0.39 is 5.82 Å². The number of benzene rings is 2. The van der Waals surface area contributed by atoms with Gasteiger partial charge in [-0.25, -0.2) is 9.37 Å². The average Bonchev–Trinajstić information content (AvgIpc) is 2.89. The van der Waals surface area contributed by atoms with Crippen LogP contribution in [0.3, 0.4) is 0 Å². The highest BCUT2D eigenvalue weighted by Gasteiger charge is 2.15. The molecule has 2 aromatic carbocycles. The topological polar surface area (TPSA) is 70.5 Å². The van der Waals surface area contributed by atoms with Crippen LogP contribution in [0, 0.1) is 17.9 Å². The zero-order chi connectivity index (χ0) is 16.1. The number of hydrogen-bond acceptors (Lipinski definition) is 4. The second kappa shape index (κ2) is 4.70. The number of aryl methyl sites for hydroxylation is 2. The van der Waals surface area contributed by atoms with Crippen LogP contribution in [0.5, 0.6) is 0 Å². The van der Waals surface area contributed by atoms with Gasteiger partial charge in [0.05, 0.1) is 5.52 Å². The van der Waals surface area contributed by atoms with Crippen molar-refractivity contribution in [2.24, 2.45) is 7.05 Å². The Morgan fingerprint density at radius 2 is 1.91 bits per heavy atom. The van der Waals surface area contributed by atoms with E-state index in [4.69, 9.17) is 0 Å². The molecular formula is C16H12FN5O. The van der Waals surface area contributed by atoms with Crippen molar-refractivity contribution in [3.05, 3.63) is 53.4 Å². The first kappa shape index (κ1) is 13.6. The highest BCUT2D eigenvalue weighted by atomic mass is 19.1. The van der Waals surface area contributed by atoms with Crippen molar-refractivity contribution in [1.82, 2.24) is 19.9 Å². The molecule has 0 N–H and O–H groups in total. The van der Waals surface area contributed by atoms with Crippen LogP contribution in [0.15, 0.2) is 36.8 Å². The lowest BCUT2D eigenvalue weighted by molar-refractivity contribution is -0.643. The molecular weight excluding hydrogens is 297 g/mol. The van der Waals surface area contributed by atoms with E-state index in [1.165, 1.54) is 6.07 Å². The maximum Gasteiger partial charge on any atom is 0.274 e. The molecule has 0 bridgehead atoms. The van der Waals surface area contributed by atoms with Gasteiger partial charge in [-0.05, 0) is 46.7 Å². The molecule has 0 saturated heterocycles. The number of hydrogen-bond donors (Lipinski definition) is 0. The lowest BCUT2D eigenvalue weighted by Crippen LogP contribution is -2.32. The maximum atomic E-state index is 14.3. The van der Waals surface area contributed by atoms with Crippen molar-refractivity contribution in [3.8, 4) is 11.1 Å². The zero-order valence-electron chi connectivity index (χ0n) is 12.5. The lowest BCUT2D eigenvalue weighted by Gasteiger charge is -2.06. The third-order valence-corrected chi connectivity index (χ3v) is 3.84. The van der Waals surface area contributed by atoms with Crippen LogP contribution in [-0.4, -0.2) is 19.9 Å². The van der Waals surface area contributed by atoms with Crippen LogP contribution in [-0.2, 0) is 7.05 Å². The summed E-state index contributed by atoms with van der Waals surface area (Å²) in [4.78, 5) is 4.21. The highest BCUT2D eigenvalue weighted by Crippen LogP contribution is 2.29. The van der Waals surface area contributed by atoms with Gasteiger partial charge in [-0.2, -0.15) is 5.10 Å². The predicted molar refractivity (Wildman–Crippen MR) is 82.9 cm³/mol. The Morgan fingerprint density at radius 3 is 2.74 bits per heavy atom. The van der Waals surface area contributed by atoms with Crippen molar-refractivity contribution in [2.45, 2.75) is 6.92 Å². The summed E-state index contributed by atoms with van der Waals surface area (Å²) in [5, 5.41) is 20.7. The van der Waals surface area contributed by atoms with E-state index in [0.29, 0.717) is 10.4 Å². The molecule has 0 aliphatic rings. The minimum atomic E-state index is -0.548. The monoisotopic (exact) mass is 309 g/mol. The molecule has 4 aromatic rings. The van der Waals surface area contributed by atoms with Crippen LogP contribution < -0.4 is 4.85 Å². The molecule has 7 heteroatoms. The number of rotatable bonds is 1. The van der Waals surface area contributed by atoms with Crippen LogP contribution in [0.25, 0.3) is 33.1 Å². The molecule has 2 aromatic heterocycles. The summed E-state index contributed by atoms with van der Waals surface area (Å²) in [5.74, 6) is -0.548. The molecule has 4 rings (SSSR count). The largest absolute Gasteiger partial charge is 0.594 e. The van der Waals surface area contributed by atoms with E-state index in [1.54, 1.807) is 10.7 Å². The molecule has 0 atom stereocenters. The second-order valence-corrected chi connectivity index (χ2v) is 5.49. The Balaban J connectivity index is 2.00. The first-order valence-electron chi connectivity index (χ1n) is 7.01. The summed E-state index contributed by atoms with van der Waals surface area (Å²) in [6.45, 7) is 1.95. The third kappa shape index (κ3) is 2.09. The Labute approximate surface area is 130 Å². The van der Waals surface area contributed by atoms with Gasteiger partial charge in [-0.15, -0.1) is 0 Å². The van der Waals surface area contributed by atoms with E-state index in [1.807, 2.05) is 32.3 Å². The van der Waals surface area contributed by atoms with E-state index in [9.17, 15) is 9.60 Å². The summed E-state index contributed by atoms with van der Waals surface area (Å²) in [6, 6.07) is 6.83. The second-order valence-electron chi connectivity index (χ2n) is 5.49. The van der Waals surface area contributed by atoms with Crippen molar-refractivity contribution in [1.29, 1.82) is 0 Å². The van der Waals surface area contributed by atoms with Gasteiger partial charge >= 0.3 is 0 Å². The fourth-order valence-corrected chi connectivity index (χ4v) is 2.81. The minimum Gasteiger partial charge on any atom is -0.594 e. The number of aromatic nitrogens is 5. The quantitative estimate of drug-likeness (QED) is 0.399. The summed E-state index contributed by atoms with van der Waals surface area (Å²) in [7, 11) is 1.85. The molecule has 23 heavy (non-hydrogen) atoms. The van der Waals surface area contributed by atoms with E-state index in [0.717, 1.165) is 28.4 Å². The Hall–Kier alpha value is -3.09. The Kier molecular flexibility index (Phi) is 2.77. The van der Waals surface area contributed by atoms with Crippen LogP contribution in [0.1, 0.15) is 5.56 Å². The summed E-state index contributed by atoms with van der Waals surface area (Å²) >= 11 is 0. The van der Waals surface area contributed by atoms with Gasteiger partial charge in [0.25, 0.3) is 5.52 Å². The van der Waals surface area contributed by atoms with E-state index >= 15 is 0 Å². The fraction of sp³-hybridized carbons (Fsp3) is 0.125. The van der Waals surface area contributed by atoms with Gasteiger partial charge < -0.3 is 5.21 Å². The normalized spacial score (nSPS) is 11.4. The maximum absolute atomic E-state index is 14.3. The van der Waals surface area contributed by atoms with Crippen LogP contribution in [0.4, 0.5) is 4.39 Å². The van der Waals surface area contributed by atoms with Crippen LogP contribution >= 0.6 is 0 Å². The van der Waals surface area contributed by atoms with Gasteiger partial charge in [0.2, 0.25) is 0 Å². The molecule has 0 fully saturated rings. The molecule has 0 spiro atoms. The zero-order valence-corrected chi connectivity index (χ0v) is 12.5. The molecule has 0 unspecified atom stereocenters. The van der Waals surface area contributed by atoms with Gasteiger partial charge in [-0.3, -0.25) is 4.68 Å². The highest BCUT2D eigenvalue weighted by molar-refractivity contribution is 5.88. The predicted octanol–water partition coefficient (Wildman–Crippen LogP) is 2.26. The molecule has 0 saturated carbocycles. The van der Waals surface area contributed by atoms with Crippen molar-refractivity contribution >= 4 is 21.9 Å². The molecule has 6 nitrogen and oxygen atoms in total. The van der Waals surface area contributed by atoms with Gasteiger partial charge in [0.1, 0.15) is 0 Å². The van der Waals surface area contributed by atoms with Crippen molar-refractivity contribution in [3.63, 3.8) is 0 Å². The molecule has 2 heterocycles.